The lowest BCUT2D eigenvalue weighted by Crippen LogP contribution is -1.82. The molecule has 0 aromatic rings. The van der Waals surface area contributed by atoms with E-state index in [4.69, 9.17) is 0 Å². The van der Waals surface area contributed by atoms with Crippen LogP contribution in [0.5, 0.6) is 0 Å². The molecule has 0 aliphatic rings. The Hall–Kier alpha value is -0.790. The van der Waals surface area contributed by atoms with Crippen LogP contribution >= 0.6 is 0 Å². The Morgan fingerprint density at radius 3 is 2.55 bits per heavy atom. The van der Waals surface area contributed by atoms with Gasteiger partial charge in [0, 0.05) is 6.08 Å². The van der Waals surface area contributed by atoms with Crippen molar-refractivity contribution in [3.63, 3.8) is 0 Å². The molecule has 0 heterocycles. The predicted molar refractivity (Wildman–Crippen MR) is 43.6 cm³/mol. The monoisotopic (exact) mass is 155 g/mol. The number of carbonyl (C=O) groups is 1. The van der Waals surface area contributed by atoms with Crippen molar-refractivity contribution in [3.05, 3.63) is 12.2 Å². The van der Waals surface area contributed by atoms with E-state index in [2.05, 4.69) is 6.92 Å². The Morgan fingerprint density at radius 2 is 2.00 bits per heavy atom. The average Bonchev–Trinajstić information content (AvgIpc) is 1.96. The molecule has 0 fully saturated rings. The number of unbranched alkanes of at least 4 members (excludes halogenated alkanes) is 4. The lowest BCUT2D eigenvalue weighted by Gasteiger charge is -1.92. The third-order valence-corrected chi connectivity index (χ3v) is 1.48. The van der Waals surface area contributed by atoms with Crippen LogP contribution in [-0.2, 0) is 9.90 Å². The summed E-state index contributed by atoms with van der Waals surface area (Å²) in [5, 5.41) is 9.89. The molecule has 0 N–H and O–H groups in total. The molecule has 2 nitrogen and oxygen atoms in total. The number of hydrogen-bond acceptors (Lipinski definition) is 1. The molecule has 2 heteroatoms. The van der Waals surface area contributed by atoms with Crippen molar-refractivity contribution in [2.24, 2.45) is 0 Å². The fourth-order valence-corrected chi connectivity index (χ4v) is 0.869. The highest BCUT2D eigenvalue weighted by atomic mass is 16.4. The summed E-state index contributed by atoms with van der Waals surface area (Å²) < 4.78 is 0. The summed E-state index contributed by atoms with van der Waals surface area (Å²) in [6.07, 6.45) is 8.33. The average molecular weight is 155 g/mol. The molecular formula is C9H15O2. The van der Waals surface area contributed by atoms with Crippen LogP contribution in [0.4, 0.5) is 0 Å². The minimum Gasteiger partial charge on any atom is -0.242 e. The molecule has 0 aliphatic carbocycles. The highest BCUT2D eigenvalue weighted by molar-refractivity contribution is 5.79. The largest absolute Gasteiger partial charge is 0.378 e. The number of hydrogen-bond donors (Lipinski definition) is 0. The van der Waals surface area contributed by atoms with Gasteiger partial charge in [-0.3, -0.25) is 0 Å². The highest BCUT2D eigenvalue weighted by Gasteiger charge is 1.88. The van der Waals surface area contributed by atoms with Crippen LogP contribution in [0.15, 0.2) is 12.2 Å². The van der Waals surface area contributed by atoms with Gasteiger partial charge in [0.25, 0.3) is 0 Å². The molecule has 1 radical (unpaired) electrons. The molecule has 0 aromatic carbocycles. The second kappa shape index (κ2) is 7.32. The van der Waals surface area contributed by atoms with Gasteiger partial charge >= 0.3 is 5.97 Å². The third kappa shape index (κ3) is 9.21. The molecule has 0 rings (SSSR count). The van der Waals surface area contributed by atoms with Crippen LogP contribution in [0.1, 0.15) is 39.0 Å². The molecule has 63 valence electrons. The van der Waals surface area contributed by atoms with E-state index in [9.17, 15) is 9.90 Å². The van der Waals surface area contributed by atoms with Crippen LogP contribution < -0.4 is 0 Å². The van der Waals surface area contributed by atoms with Gasteiger partial charge in [-0.2, -0.15) is 0 Å². The van der Waals surface area contributed by atoms with Crippen molar-refractivity contribution in [1.82, 2.24) is 0 Å². The van der Waals surface area contributed by atoms with E-state index in [-0.39, 0.29) is 0 Å². The van der Waals surface area contributed by atoms with Crippen LogP contribution in [0.3, 0.4) is 0 Å². The summed E-state index contributed by atoms with van der Waals surface area (Å²) in [5.74, 6) is -1.10. The van der Waals surface area contributed by atoms with Crippen molar-refractivity contribution in [1.29, 1.82) is 0 Å². The van der Waals surface area contributed by atoms with E-state index in [0.29, 0.717) is 0 Å². The summed E-state index contributed by atoms with van der Waals surface area (Å²) in [6.45, 7) is 2.15. The Bertz CT molecular complexity index is 128. The lowest BCUT2D eigenvalue weighted by atomic mass is 10.1. The Labute approximate surface area is 67.9 Å². The van der Waals surface area contributed by atoms with Gasteiger partial charge in [-0.05, 0) is 12.8 Å². The minimum atomic E-state index is -1.10. The first kappa shape index (κ1) is 10.2. The van der Waals surface area contributed by atoms with E-state index < -0.39 is 5.97 Å². The molecule has 0 amide bonds. The van der Waals surface area contributed by atoms with Gasteiger partial charge in [0.05, 0.1) is 0 Å². The molecule has 0 atom stereocenters. The van der Waals surface area contributed by atoms with Crippen molar-refractivity contribution >= 4 is 5.97 Å². The highest BCUT2D eigenvalue weighted by Crippen LogP contribution is 2.02. The van der Waals surface area contributed by atoms with Gasteiger partial charge in [0.15, 0.2) is 0 Å². The molecular weight excluding hydrogens is 140 g/mol. The zero-order valence-corrected chi connectivity index (χ0v) is 7.01. The van der Waals surface area contributed by atoms with E-state index in [0.717, 1.165) is 18.9 Å². The Morgan fingerprint density at radius 1 is 1.27 bits per heavy atom. The Balaban J connectivity index is 3.07. The predicted octanol–water partition coefficient (Wildman–Crippen LogP) is 2.47. The summed E-state index contributed by atoms with van der Waals surface area (Å²) in [5.41, 5.74) is 0. The van der Waals surface area contributed by atoms with E-state index >= 15 is 0 Å². The fourth-order valence-electron chi connectivity index (χ4n) is 0.869. The molecule has 0 aliphatic heterocycles. The zero-order valence-electron chi connectivity index (χ0n) is 7.01. The van der Waals surface area contributed by atoms with Crippen molar-refractivity contribution in [2.45, 2.75) is 39.0 Å². The summed E-state index contributed by atoms with van der Waals surface area (Å²) in [7, 11) is 0. The van der Waals surface area contributed by atoms with Crippen molar-refractivity contribution in [3.8, 4) is 0 Å². The number of rotatable bonds is 6. The Kier molecular flexibility index (Phi) is 6.79. The fraction of sp³-hybridized carbons (Fsp3) is 0.667. The molecule has 0 aromatic heterocycles. The quantitative estimate of drug-likeness (QED) is 0.429. The van der Waals surface area contributed by atoms with Gasteiger partial charge in [-0.15, -0.1) is 0 Å². The van der Waals surface area contributed by atoms with Gasteiger partial charge in [0.2, 0.25) is 0 Å². The summed E-state index contributed by atoms with van der Waals surface area (Å²) >= 11 is 0. The van der Waals surface area contributed by atoms with Crippen LogP contribution in [0, 0.1) is 0 Å². The molecule has 0 bridgehead atoms. The first-order chi connectivity index (χ1) is 5.27. The molecule has 0 unspecified atom stereocenters. The van der Waals surface area contributed by atoms with Crippen molar-refractivity contribution in [2.75, 3.05) is 0 Å². The third-order valence-electron chi connectivity index (χ3n) is 1.48. The van der Waals surface area contributed by atoms with E-state index in [1.165, 1.54) is 19.3 Å². The maximum atomic E-state index is 9.89. The van der Waals surface area contributed by atoms with E-state index in [1.54, 1.807) is 6.08 Å². The van der Waals surface area contributed by atoms with Crippen LogP contribution in [0.25, 0.3) is 0 Å². The van der Waals surface area contributed by atoms with Crippen molar-refractivity contribution < 1.29 is 9.90 Å². The molecule has 11 heavy (non-hydrogen) atoms. The maximum absolute atomic E-state index is 9.89. The van der Waals surface area contributed by atoms with Crippen LogP contribution in [-0.4, -0.2) is 5.97 Å². The molecule has 0 saturated carbocycles. The minimum absolute atomic E-state index is 0.855. The summed E-state index contributed by atoms with van der Waals surface area (Å²) in [4.78, 5) is 9.89. The standard InChI is InChI=1S/C9H15O2/c1-2-3-4-5-6-7-8-9(10)11/h7-8H,2-6H2,1H3/b8-7+. The topological polar surface area (TPSA) is 37.0 Å². The number of allylic oxidation sites excluding steroid dienone is 1. The zero-order chi connectivity index (χ0) is 8.53. The van der Waals surface area contributed by atoms with Gasteiger partial charge < -0.3 is 0 Å². The van der Waals surface area contributed by atoms with Gasteiger partial charge in [-0.25, -0.2) is 9.90 Å². The summed E-state index contributed by atoms with van der Waals surface area (Å²) in [6, 6.07) is 0. The first-order valence-electron chi connectivity index (χ1n) is 4.15. The normalized spacial score (nSPS) is 10.6. The first-order valence-corrected chi connectivity index (χ1v) is 4.15. The molecule has 0 saturated heterocycles. The van der Waals surface area contributed by atoms with Crippen LogP contribution in [0.2, 0.25) is 0 Å². The van der Waals surface area contributed by atoms with E-state index in [1.807, 2.05) is 0 Å². The lowest BCUT2D eigenvalue weighted by molar-refractivity contribution is -0.137. The number of carbonyl (C=O) groups excluding carboxylic acids is 1. The smallest absolute Gasteiger partial charge is 0.242 e. The molecule has 0 spiro atoms. The van der Waals surface area contributed by atoms with Gasteiger partial charge in [-0.1, -0.05) is 32.3 Å². The maximum Gasteiger partial charge on any atom is 0.378 e. The second-order valence-corrected chi connectivity index (χ2v) is 2.57. The SMILES string of the molecule is CCCCCC/C=C/C([O])=O. The second-order valence-electron chi connectivity index (χ2n) is 2.57. The van der Waals surface area contributed by atoms with Gasteiger partial charge in [0.1, 0.15) is 0 Å².